The van der Waals surface area contributed by atoms with Crippen LogP contribution < -0.4 is 0 Å². The first-order chi connectivity index (χ1) is 10.9. The minimum absolute atomic E-state index is 0.0660. The van der Waals surface area contributed by atoms with Gasteiger partial charge in [0.15, 0.2) is 5.76 Å². The number of aliphatic hydroxyl groups excluding tert-OH is 2. The van der Waals surface area contributed by atoms with Gasteiger partial charge in [0.25, 0.3) is 0 Å². The molecule has 4 nitrogen and oxygen atoms in total. The summed E-state index contributed by atoms with van der Waals surface area (Å²) in [5.74, 6) is -1.43. The Balaban J connectivity index is 2.16. The third-order valence-corrected chi connectivity index (χ3v) is 3.66. The van der Waals surface area contributed by atoms with Gasteiger partial charge >= 0.3 is 0 Å². The van der Waals surface area contributed by atoms with Crippen molar-refractivity contribution in [1.82, 2.24) is 0 Å². The monoisotopic (exact) mass is 312 g/mol. The average molecular weight is 312 g/mol. The van der Waals surface area contributed by atoms with E-state index < -0.39 is 11.7 Å². The summed E-state index contributed by atoms with van der Waals surface area (Å²) in [6, 6.07) is 6.50. The van der Waals surface area contributed by atoms with Crippen molar-refractivity contribution in [1.29, 1.82) is 0 Å². The Morgan fingerprint density at radius 2 is 1.87 bits per heavy atom. The van der Waals surface area contributed by atoms with Crippen molar-refractivity contribution >= 4 is 11.9 Å². The van der Waals surface area contributed by atoms with Gasteiger partial charge in [-0.3, -0.25) is 4.79 Å². The Kier molecular flexibility index (Phi) is 5.06. The number of aliphatic hydroxyl groups is 2. The normalized spacial score (nSPS) is 18.4. The van der Waals surface area contributed by atoms with E-state index in [1.165, 1.54) is 6.08 Å². The molecule has 1 aliphatic rings. The quantitative estimate of drug-likeness (QED) is 0.712. The zero-order valence-corrected chi connectivity index (χ0v) is 13.0. The summed E-state index contributed by atoms with van der Waals surface area (Å²) in [6.45, 7) is 5.63. The van der Waals surface area contributed by atoms with Gasteiger partial charge in [-0.25, -0.2) is 0 Å². The minimum Gasteiger partial charge on any atom is -0.508 e. The van der Waals surface area contributed by atoms with Gasteiger partial charge in [-0.2, -0.15) is 0 Å². The summed E-state index contributed by atoms with van der Waals surface area (Å²) in [5.41, 5.74) is 1.99. The highest BCUT2D eigenvalue weighted by atomic mass is 16.3. The minimum atomic E-state index is -0.711. The predicted molar refractivity (Wildman–Crippen MR) is 90.1 cm³/mol. The lowest BCUT2D eigenvalue weighted by Gasteiger charge is -2.18. The fourth-order valence-electron chi connectivity index (χ4n) is 2.30. The highest BCUT2D eigenvalue weighted by Crippen LogP contribution is 2.28. The van der Waals surface area contributed by atoms with Crippen LogP contribution >= 0.6 is 0 Å². The van der Waals surface area contributed by atoms with Gasteiger partial charge in [0.2, 0.25) is 5.78 Å². The van der Waals surface area contributed by atoms with Gasteiger partial charge in [-0.1, -0.05) is 29.9 Å². The van der Waals surface area contributed by atoms with Crippen LogP contribution in [0.3, 0.4) is 0 Å². The van der Waals surface area contributed by atoms with Crippen LogP contribution in [0.2, 0.25) is 0 Å². The number of hydrogen-bond acceptors (Lipinski definition) is 4. The van der Waals surface area contributed by atoms with Crippen LogP contribution in [0.5, 0.6) is 5.75 Å². The number of rotatable bonds is 5. The maximum atomic E-state index is 12.2. The van der Waals surface area contributed by atoms with Crippen LogP contribution in [-0.2, 0) is 4.79 Å². The summed E-state index contributed by atoms with van der Waals surface area (Å²) in [6.07, 6.45) is 5.73. The molecule has 23 heavy (non-hydrogen) atoms. The molecule has 0 amide bonds. The molecule has 1 unspecified atom stereocenters. The van der Waals surface area contributed by atoms with E-state index in [-0.39, 0.29) is 22.8 Å². The second kappa shape index (κ2) is 7.01. The third-order valence-electron chi connectivity index (χ3n) is 3.66. The number of phenols is 1. The molecular weight excluding hydrogens is 292 g/mol. The second-order valence-electron chi connectivity index (χ2n) is 5.68. The van der Waals surface area contributed by atoms with Gasteiger partial charge in [0, 0.05) is 5.57 Å². The number of aromatic hydroxyl groups is 1. The number of hydrogen-bond donors (Lipinski definition) is 3. The highest BCUT2D eigenvalue weighted by Gasteiger charge is 2.28. The van der Waals surface area contributed by atoms with Crippen molar-refractivity contribution in [3.8, 4) is 5.75 Å². The number of phenolic OH excluding ortho intramolecular Hbond substituents is 1. The number of allylic oxidation sites excluding steroid dienone is 5. The Morgan fingerprint density at radius 3 is 2.48 bits per heavy atom. The van der Waals surface area contributed by atoms with E-state index in [1.54, 1.807) is 36.4 Å². The van der Waals surface area contributed by atoms with Crippen molar-refractivity contribution in [3.63, 3.8) is 0 Å². The largest absolute Gasteiger partial charge is 0.508 e. The Hall–Kier alpha value is -2.75. The van der Waals surface area contributed by atoms with Crippen molar-refractivity contribution in [2.45, 2.75) is 19.8 Å². The molecule has 0 saturated heterocycles. The number of benzene rings is 1. The zero-order chi connectivity index (χ0) is 17.0. The van der Waals surface area contributed by atoms with Gasteiger partial charge < -0.3 is 15.3 Å². The molecule has 2 rings (SSSR count). The van der Waals surface area contributed by atoms with E-state index in [1.807, 2.05) is 6.92 Å². The Labute approximate surface area is 135 Å². The van der Waals surface area contributed by atoms with E-state index in [2.05, 4.69) is 6.58 Å². The first-order valence-corrected chi connectivity index (χ1v) is 7.37. The summed E-state index contributed by atoms with van der Waals surface area (Å²) >= 11 is 0. The number of carbonyl (C=O) groups excluding carboxylic acids is 1. The molecule has 1 atom stereocenters. The number of Topliss-reactive ketones (excluding diaryl/α,β-unsaturated/α-hetero) is 1. The molecule has 120 valence electrons. The van der Waals surface area contributed by atoms with Crippen molar-refractivity contribution < 1.29 is 20.1 Å². The first kappa shape index (κ1) is 16.6. The van der Waals surface area contributed by atoms with Gasteiger partial charge in [-0.05, 0) is 43.5 Å². The predicted octanol–water partition coefficient (Wildman–Crippen LogP) is 4.21. The van der Waals surface area contributed by atoms with Crippen LogP contribution in [0.25, 0.3) is 6.08 Å². The summed E-state index contributed by atoms with van der Waals surface area (Å²) in [5, 5.41) is 29.4. The number of carbonyl (C=O) groups is 1. The molecule has 1 aromatic rings. The topological polar surface area (TPSA) is 77.8 Å². The summed E-state index contributed by atoms with van der Waals surface area (Å²) in [7, 11) is 0. The molecule has 0 spiro atoms. The molecule has 1 aliphatic carbocycles. The molecule has 0 saturated carbocycles. The van der Waals surface area contributed by atoms with Crippen LogP contribution in [-0.4, -0.2) is 21.1 Å². The van der Waals surface area contributed by atoms with Gasteiger partial charge in [0.05, 0.1) is 5.92 Å². The maximum absolute atomic E-state index is 12.2. The lowest BCUT2D eigenvalue weighted by molar-refractivity contribution is -0.119. The highest BCUT2D eigenvalue weighted by molar-refractivity contribution is 6.00. The van der Waals surface area contributed by atoms with E-state index in [4.69, 9.17) is 0 Å². The van der Waals surface area contributed by atoms with Crippen molar-refractivity contribution in [2.75, 3.05) is 0 Å². The fraction of sp³-hybridized carbons (Fsp3) is 0.211. The SMILES string of the molecule is C=C(C)CCC1=C(O)C(=O)C(C=Cc2ccc(O)cc2)C=C1O. The lowest BCUT2D eigenvalue weighted by atomic mass is 9.89. The molecule has 0 fully saturated rings. The standard InChI is InChI=1S/C19H20O4/c1-12(2)3-10-16-17(21)11-14(18(22)19(16)23)7-4-13-5-8-15(20)9-6-13/h4-9,11,14,20-21,23H,1,3,10H2,2H3. The van der Waals surface area contributed by atoms with Crippen LogP contribution in [0.15, 0.2) is 65.7 Å². The van der Waals surface area contributed by atoms with Crippen LogP contribution in [0.1, 0.15) is 25.3 Å². The molecule has 1 aromatic carbocycles. The lowest BCUT2D eigenvalue weighted by Crippen LogP contribution is -2.20. The Bertz CT molecular complexity index is 705. The van der Waals surface area contributed by atoms with Crippen LogP contribution in [0, 0.1) is 5.92 Å². The molecule has 0 radical (unpaired) electrons. The van der Waals surface area contributed by atoms with Crippen LogP contribution in [0.4, 0.5) is 0 Å². The average Bonchev–Trinajstić information content (AvgIpc) is 2.50. The molecule has 0 aliphatic heterocycles. The maximum Gasteiger partial charge on any atom is 0.208 e. The fourth-order valence-corrected chi connectivity index (χ4v) is 2.30. The molecule has 0 bridgehead atoms. The molecule has 0 heterocycles. The van der Waals surface area contributed by atoms with Gasteiger partial charge in [0.1, 0.15) is 11.5 Å². The molecular formula is C19H20O4. The smallest absolute Gasteiger partial charge is 0.208 e. The summed E-state index contributed by atoms with van der Waals surface area (Å²) < 4.78 is 0. The second-order valence-corrected chi connectivity index (χ2v) is 5.68. The molecule has 4 heteroatoms. The van der Waals surface area contributed by atoms with E-state index in [0.29, 0.717) is 12.8 Å². The Morgan fingerprint density at radius 1 is 1.22 bits per heavy atom. The zero-order valence-electron chi connectivity index (χ0n) is 13.0. The molecule has 3 N–H and O–H groups in total. The third kappa shape index (κ3) is 4.13. The first-order valence-electron chi connectivity index (χ1n) is 7.37. The van der Waals surface area contributed by atoms with E-state index in [0.717, 1.165) is 11.1 Å². The van der Waals surface area contributed by atoms with Crippen molar-refractivity contribution in [2.24, 2.45) is 5.92 Å². The van der Waals surface area contributed by atoms with Crippen molar-refractivity contribution in [3.05, 3.63) is 71.2 Å². The summed E-state index contributed by atoms with van der Waals surface area (Å²) in [4.78, 5) is 12.2. The van der Waals surface area contributed by atoms with E-state index in [9.17, 15) is 20.1 Å². The molecule has 0 aromatic heterocycles. The van der Waals surface area contributed by atoms with E-state index >= 15 is 0 Å². The number of ketones is 1. The van der Waals surface area contributed by atoms with Gasteiger partial charge in [-0.15, -0.1) is 6.58 Å².